The average molecular weight is 448 g/mol. The van der Waals surface area contributed by atoms with Crippen LogP contribution < -0.4 is 10.5 Å². The van der Waals surface area contributed by atoms with Crippen molar-refractivity contribution >= 4 is 5.91 Å². The van der Waals surface area contributed by atoms with Crippen LogP contribution in [0.1, 0.15) is 27.8 Å². The Hall–Kier alpha value is -3.40. The predicted molar refractivity (Wildman–Crippen MR) is 108 cm³/mol. The van der Waals surface area contributed by atoms with Crippen molar-refractivity contribution in [3.63, 3.8) is 0 Å². The highest BCUT2D eigenvalue weighted by Crippen LogP contribution is 2.35. The van der Waals surface area contributed by atoms with E-state index in [1.54, 1.807) is 7.05 Å². The lowest BCUT2D eigenvalue weighted by Crippen LogP contribution is -2.44. The number of benzene rings is 2. The highest BCUT2D eigenvalue weighted by molar-refractivity contribution is 5.95. The summed E-state index contributed by atoms with van der Waals surface area (Å²) in [6.07, 6.45) is -0.576. The molecule has 1 aromatic heterocycles. The molecule has 0 fully saturated rings. The molecule has 32 heavy (non-hydrogen) atoms. The van der Waals surface area contributed by atoms with Crippen LogP contribution in [0.4, 0.5) is 17.6 Å². The van der Waals surface area contributed by atoms with E-state index < -0.39 is 36.2 Å². The molecule has 0 saturated carbocycles. The van der Waals surface area contributed by atoms with Gasteiger partial charge >= 0.3 is 0 Å². The smallest absolute Gasteiger partial charge is 0.255 e. The first kappa shape index (κ1) is 21.8. The molecule has 10 heteroatoms. The van der Waals surface area contributed by atoms with Gasteiger partial charge in [-0.25, -0.2) is 17.6 Å². The van der Waals surface area contributed by atoms with Gasteiger partial charge in [-0.1, -0.05) is 0 Å². The Morgan fingerprint density at radius 1 is 1.19 bits per heavy atom. The molecule has 0 saturated heterocycles. The number of amides is 1. The summed E-state index contributed by atoms with van der Waals surface area (Å²) in [5.74, 6) is -2.84. The van der Waals surface area contributed by atoms with E-state index in [1.807, 2.05) is 0 Å². The second-order valence-electron chi connectivity index (χ2n) is 7.37. The zero-order chi connectivity index (χ0) is 23.0. The van der Waals surface area contributed by atoms with Crippen LogP contribution in [0.15, 0.2) is 36.4 Å². The van der Waals surface area contributed by atoms with Gasteiger partial charge in [-0.15, -0.1) is 0 Å². The number of halogens is 4. The number of aromatic nitrogens is 2. The number of rotatable bonds is 5. The maximum absolute atomic E-state index is 13.9. The van der Waals surface area contributed by atoms with Crippen LogP contribution in [0, 0.1) is 17.5 Å². The number of nitrogens with two attached hydrogens (primary N) is 1. The predicted octanol–water partition coefficient (Wildman–Crippen LogP) is 3.51. The zero-order valence-electron chi connectivity index (χ0n) is 17.1. The molecule has 2 N–H and O–H groups in total. The van der Waals surface area contributed by atoms with Gasteiger partial charge in [0.05, 0.1) is 5.69 Å². The SMILES string of the molecule is Cn1nc2c(c1-c1cc(F)cc(F)c1)CCN(C(=O)c1ccc(F)c(OCCF)c1)[C@H]2N. The molecule has 0 aliphatic carbocycles. The van der Waals surface area contributed by atoms with Crippen molar-refractivity contribution in [2.24, 2.45) is 12.8 Å². The second-order valence-corrected chi connectivity index (χ2v) is 7.37. The summed E-state index contributed by atoms with van der Waals surface area (Å²) >= 11 is 0. The van der Waals surface area contributed by atoms with Crippen LogP contribution in [0.3, 0.4) is 0 Å². The molecule has 2 aromatic carbocycles. The lowest BCUT2D eigenvalue weighted by Gasteiger charge is -2.32. The molecule has 3 aromatic rings. The van der Waals surface area contributed by atoms with Gasteiger partial charge in [0.15, 0.2) is 11.6 Å². The van der Waals surface area contributed by atoms with Crippen LogP contribution in [-0.4, -0.2) is 40.4 Å². The molecular formula is C22H20F4N4O2. The van der Waals surface area contributed by atoms with Gasteiger partial charge in [0, 0.05) is 36.3 Å². The van der Waals surface area contributed by atoms with E-state index in [1.165, 1.54) is 33.8 Å². The monoisotopic (exact) mass is 448 g/mol. The maximum Gasteiger partial charge on any atom is 0.255 e. The molecule has 1 atom stereocenters. The maximum atomic E-state index is 13.9. The third kappa shape index (κ3) is 3.93. The van der Waals surface area contributed by atoms with Gasteiger partial charge < -0.3 is 15.4 Å². The van der Waals surface area contributed by atoms with E-state index in [9.17, 15) is 22.4 Å². The minimum atomic E-state index is -0.926. The first-order valence-electron chi connectivity index (χ1n) is 9.87. The van der Waals surface area contributed by atoms with Crippen molar-refractivity contribution < 1.29 is 27.1 Å². The van der Waals surface area contributed by atoms with Gasteiger partial charge in [0.25, 0.3) is 5.91 Å². The molecule has 2 heterocycles. The molecule has 6 nitrogen and oxygen atoms in total. The van der Waals surface area contributed by atoms with E-state index in [4.69, 9.17) is 10.5 Å². The van der Waals surface area contributed by atoms with E-state index in [-0.39, 0.29) is 24.5 Å². The number of fused-ring (bicyclic) bond motifs is 1. The standard InChI is InChI=1S/C22H20F4N4O2/c1-29-20(13-8-14(24)11-15(25)9-13)16-4-6-30(21(27)19(16)28-29)22(31)12-2-3-17(26)18(10-12)32-7-5-23/h2-3,8-11,21H,4-7,27H2,1H3/t21-/m1/s1. The number of nitrogens with zero attached hydrogens (tertiary/aromatic N) is 3. The number of aryl methyl sites for hydroxylation is 1. The van der Waals surface area contributed by atoms with E-state index >= 15 is 0 Å². The normalized spacial score (nSPS) is 15.6. The molecular weight excluding hydrogens is 428 g/mol. The van der Waals surface area contributed by atoms with Crippen LogP contribution in [-0.2, 0) is 13.5 Å². The molecule has 1 amide bonds. The summed E-state index contributed by atoms with van der Waals surface area (Å²) in [6.45, 7) is -0.922. The quantitative estimate of drug-likeness (QED) is 0.607. The molecule has 1 aliphatic heterocycles. The lowest BCUT2D eigenvalue weighted by molar-refractivity contribution is 0.0661. The van der Waals surface area contributed by atoms with Gasteiger partial charge in [0.2, 0.25) is 0 Å². The molecule has 1 aliphatic rings. The summed E-state index contributed by atoms with van der Waals surface area (Å²) in [7, 11) is 1.63. The van der Waals surface area contributed by atoms with Gasteiger partial charge in [0.1, 0.15) is 36.8 Å². The summed E-state index contributed by atoms with van der Waals surface area (Å²) in [6, 6.07) is 6.77. The topological polar surface area (TPSA) is 73.4 Å². The lowest BCUT2D eigenvalue weighted by atomic mass is 9.97. The number of hydrogen-bond donors (Lipinski definition) is 1. The fraction of sp³-hybridized carbons (Fsp3) is 0.273. The van der Waals surface area contributed by atoms with Crippen LogP contribution >= 0.6 is 0 Å². The van der Waals surface area contributed by atoms with Crippen molar-refractivity contribution in [2.45, 2.75) is 12.6 Å². The molecule has 168 valence electrons. The summed E-state index contributed by atoms with van der Waals surface area (Å²) in [4.78, 5) is 14.4. The first-order valence-corrected chi connectivity index (χ1v) is 9.87. The molecule has 0 spiro atoms. The Morgan fingerprint density at radius 3 is 2.59 bits per heavy atom. The molecule has 4 rings (SSSR count). The van der Waals surface area contributed by atoms with Gasteiger partial charge in [-0.05, 0) is 36.8 Å². The summed E-state index contributed by atoms with van der Waals surface area (Å²) < 4.78 is 60.2. The Bertz CT molecular complexity index is 1160. The number of alkyl halides is 1. The number of ether oxygens (including phenoxy) is 1. The summed E-state index contributed by atoms with van der Waals surface area (Å²) in [5, 5.41) is 4.39. The Morgan fingerprint density at radius 2 is 1.91 bits per heavy atom. The van der Waals surface area contributed by atoms with E-state index in [2.05, 4.69) is 5.10 Å². The van der Waals surface area contributed by atoms with Crippen molar-refractivity contribution in [3.8, 4) is 17.0 Å². The van der Waals surface area contributed by atoms with E-state index in [0.29, 0.717) is 28.9 Å². The third-order valence-corrected chi connectivity index (χ3v) is 5.30. The van der Waals surface area contributed by atoms with Crippen molar-refractivity contribution in [1.82, 2.24) is 14.7 Å². The van der Waals surface area contributed by atoms with Crippen LogP contribution in [0.5, 0.6) is 5.75 Å². The molecule has 0 bridgehead atoms. The number of carbonyl (C=O) groups excluding carboxylic acids is 1. The minimum Gasteiger partial charge on any atom is -0.488 e. The van der Waals surface area contributed by atoms with Crippen molar-refractivity contribution in [2.75, 3.05) is 19.8 Å². The van der Waals surface area contributed by atoms with Crippen molar-refractivity contribution in [1.29, 1.82) is 0 Å². The molecule has 0 unspecified atom stereocenters. The average Bonchev–Trinajstić information content (AvgIpc) is 3.09. The second kappa shape index (κ2) is 8.62. The van der Waals surface area contributed by atoms with Crippen LogP contribution in [0.25, 0.3) is 11.3 Å². The zero-order valence-corrected chi connectivity index (χ0v) is 17.1. The highest BCUT2D eigenvalue weighted by atomic mass is 19.1. The Labute approximate surface area is 181 Å². The Balaban J connectivity index is 1.65. The van der Waals surface area contributed by atoms with Gasteiger partial charge in [-0.3, -0.25) is 9.48 Å². The fourth-order valence-corrected chi connectivity index (χ4v) is 3.93. The largest absolute Gasteiger partial charge is 0.488 e. The first-order chi connectivity index (χ1) is 15.3. The Kier molecular flexibility index (Phi) is 5.88. The number of hydrogen-bond acceptors (Lipinski definition) is 4. The van der Waals surface area contributed by atoms with Crippen LogP contribution in [0.2, 0.25) is 0 Å². The van der Waals surface area contributed by atoms with E-state index in [0.717, 1.165) is 12.1 Å². The fourth-order valence-electron chi connectivity index (χ4n) is 3.93. The minimum absolute atomic E-state index is 0.127. The summed E-state index contributed by atoms with van der Waals surface area (Å²) in [5.41, 5.74) is 8.39. The third-order valence-electron chi connectivity index (χ3n) is 5.30. The number of carbonyl (C=O) groups is 1. The molecule has 0 radical (unpaired) electrons. The highest BCUT2D eigenvalue weighted by Gasteiger charge is 2.34. The van der Waals surface area contributed by atoms with Gasteiger partial charge in [-0.2, -0.15) is 5.10 Å². The van der Waals surface area contributed by atoms with Crippen molar-refractivity contribution in [3.05, 3.63) is 70.7 Å².